The molecule has 0 atom stereocenters. The van der Waals surface area contributed by atoms with Gasteiger partial charge in [0.1, 0.15) is 0 Å². The average molecular weight is 447 g/mol. The van der Waals surface area contributed by atoms with Crippen LogP contribution in [0.3, 0.4) is 0 Å². The Balaban J connectivity index is -0.0000000497. The monoisotopic (exact) mass is 446 g/mol. The number of hydrogen-bond acceptors (Lipinski definition) is 5. The normalized spacial score (nSPS) is 5.47. The number of imidazole rings is 1. The molecule has 1 N–H and O–H groups in total. The molecule has 30 heavy (non-hydrogen) atoms. The molecule has 0 aliphatic rings. The van der Waals surface area contributed by atoms with Crippen molar-refractivity contribution in [2.45, 2.75) is 0 Å². The maximum atomic E-state index is 10.3. The maximum absolute atomic E-state index is 10.3. The maximum Gasteiger partial charge on any atom is 2.00 e. The molecule has 1 heterocycles. The first kappa shape index (κ1) is 44.6. The number of aromatic amines is 1. The van der Waals surface area contributed by atoms with Crippen LogP contribution in [0, 0.1) is 77.1 Å². The van der Waals surface area contributed by atoms with Crippen LogP contribution in [0.2, 0.25) is 0 Å². The van der Waals surface area contributed by atoms with Crippen LogP contribution in [0.5, 0.6) is 0 Å². The fraction of sp³-hybridized carbons (Fsp3) is 0. The van der Waals surface area contributed by atoms with Crippen molar-refractivity contribution in [1.82, 2.24) is 9.97 Å². The summed E-state index contributed by atoms with van der Waals surface area (Å²) in [6.45, 7) is 0. The third kappa shape index (κ3) is 31.0. The second kappa shape index (κ2) is 49.6. The fourth-order valence-electron chi connectivity index (χ4n) is 1.05. The predicted octanol–water partition coefficient (Wildman–Crippen LogP) is 0.317. The van der Waals surface area contributed by atoms with Gasteiger partial charge < -0.3 is 24.8 Å². The molecule has 0 radical (unpaired) electrons. The molecule has 7 heteroatoms. The number of carboxylic acids is 2. The van der Waals surface area contributed by atoms with Gasteiger partial charge in [0.05, 0.1) is 18.3 Å². The largest absolute Gasteiger partial charge is 2.00 e. The van der Waals surface area contributed by atoms with Crippen molar-refractivity contribution in [1.29, 1.82) is 0 Å². The van der Waals surface area contributed by atoms with Gasteiger partial charge in [-0.05, 0) is 0 Å². The van der Waals surface area contributed by atoms with Gasteiger partial charge in [0.15, 0.2) is 0 Å². The molecule has 0 spiro atoms. The van der Waals surface area contributed by atoms with E-state index in [-0.39, 0.29) is 27.6 Å². The van der Waals surface area contributed by atoms with Crippen LogP contribution in [0.15, 0.2) is 43.0 Å². The van der Waals surface area contributed by atoms with Gasteiger partial charge in [-0.3, -0.25) is 0 Å². The van der Waals surface area contributed by atoms with Crippen LogP contribution in [0.1, 0.15) is 20.7 Å². The summed E-state index contributed by atoms with van der Waals surface area (Å²) in [7, 11) is 0. The molecule has 6 nitrogen and oxygen atoms in total. The standard InChI is InChI=1S/C8H6O4.C3H4N2.6C2H2.Ni/c9-7(10)5-3-1-2-4-6(5)8(11)12;1-2-5-3-4-1;6*1-2;/h1-4H,(H,9,10)(H,11,12);1-3H,(H,4,5);6*1-2H;/q;;;;;;;;+2/p-2. The van der Waals surface area contributed by atoms with Crippen molar-refractivity contribution >= 4 is 11.9 Å². The number of nitrogens with one attached hydrogen (secondary N) is 1. The Kier molecular flexibility index (Phi) is 73.7. The molecule has 2 rings (SSSR count). The third-order valence-electron chi connectivity index (χ3n) is 1.77. The first-order chi connectivity index (χ1) is 14.1. The first-order valence-electron chi connectivity index (χ1n) is 6.57. The number of H-pyrrole nitrogens is 1. The quantitative estimate of drug-likeness (QED) is 0.527. The van der Waals surface area contributed by atoms with Crippen LogP contribution in [0.4, 0.5) is 0 Å². The van der Waals surface area contributed by atoms with Crippen LogP contribution < -0.4 is 10.2 Å². The summed E-state index contributed by atoms with van der Waals surface area (Å²) in [5.41, 5.74) is -0.727. The number of terminal acetylenes is 6. The topological polar surface area (TPSA) is 109 Å². The van der Waals surface area contributed by atoms with Crippen LogP contribution in [0.25, 0.3) is 0 Å². The van der Waals surface area contributed by atoms with Crippen molar-refractivity contribution in [2.75, 3.05) is 0 Å². The van der Waals surface area contributed by atoms with Gasteiger partial charge in [-0.15, -0.1) is 77.1 Å². The average Bonchev–Trinajstić information content (AvgIpc) is 3.42. The third-order valence-corrected chi connectivity index (χ3v) is 1.77. The first-order valence-corrected chi connectivity index (χ1v) is 6.57. The Hall–Kier alpha value is -4.78. The Bertz CT molecular complexity index is 641. The van der Waals surface area contributed by atoms with Crippen LogP contribution >= 0.6 is 0 Å². The number of benzene rings is 1. The van der Waals surface area contributed by atoms with E-state index in [1.807, 2.05) is 0 Å². The van der Waals surface area contributed by atoms with E-state index < -0.39 is 11.9 Å². The number of nitrogens with zero attached hydrogens (tertiary/aromatic N) is 1. The van der Waals surface area contributed by atoms with Crippen LogP contribution in [-0.2, 0) is 16.5 Å². The molecule has 156 valence electrons. The molecule has 0 unspecified atom stereocenters. The number of carbonyl (C=O) groups is 2. The number of aromatic nitrogens is 2. The van der Waals surface area contributed by atoms with Gasteiger partial charge in [-0.2, -0.15) is 0 Å². The number of carbonyl (C=O) groups excluding carboxylic acids is 2. The summed E-state index contributed by atoms with van der Waals surface area (Å²) >= 11 is 0. The summed E-state index contributed by atoms with van der Waals surface area (Å²) < 4.78 is 0. The molecular formula is C23H20N2NiO4. The molecule has 1 aromatic carbocycles. The summed E-state index contributed by atoms with van der Waals surface area (Å²) in [6.07, 6.45) is 53.1. The zero-order chi connectivity index (χ0) is 24.7. The summed E-state index contributed by atoms with van der Waals surface area (Å²) in [5.74, 6) is -3.04. The molecule has 0 amide bonds. The van der Waals surface area contributed by atoms with Gasteiger partial charge in [0.2, 0.25) is 0 Å². The molecule has 2 aromatic rings. The van der Waals surface area contributed by atoms with E-state index >= 15 is 0 Å². The Morgan fingerprint density at radius 1 is 0.700 bits per heavy atom. The van der Waals surface area contributed by atoms with Gasteiger partial charge in [-0.25, -0.2) is 4.98 Å². The van der Waals surface area contributed by atoms with E-state index in [0.717, 1.165) is 12.1 Å². The van der Waals surface area contributed by atoms with E-state index in [0.29, 0.717) is 0 Å². The Morgan fingerprint density at radius 3 is 1.13 bits per heavy atom. The van der Waals surface area contributed by atoms with Crippen molar-refractivity contribution in [3.63, 3.8) is 0 Å². The minimum Gasteiger partial charge on any atom is -0.545 e. The molecule has 0 saturated carbocycles. The number of aromatic carboxylic acids is 2. The molecule has 0 saturated heterocycles. The minimum atomic E-state index is -1.52. The Morgan fingerprint density at radius 2 is 1.00 bits per heavy atom. The van der Waals surface area contributed by atoms with E-state index in [4.69, 9.17) is 0 Å². The smallest absolute Gasteiger partial charge is 0.545 e. The summed E-state index contributed by atoms with van der Waals surface area (Å²) in [5, 5.41) is 20.6. The summed E-state index contributed by atoms with van der Waals surface area (Å²) in [6, 6.07) is 5.14. The molecular weight excluding hydrogens is 427 g/mol. The SMILES string of the molecule is C#C.C#C.C#C.C#C.C#C.C#C.O=C([O-])c1ccccc1C(=O)[O-].[Ni+2].c1c[nH]cn1. The molecule has 1 aromatic heterocycles. The van der Waals surface area contributed by atoms with Crippen molar-refractivity contribution < 1.29 is 36.3 Å². The van der Waals surface area contributed by atoms with E-state index in [1.54, 1.807) is 18.7 Å². The second-order valence-corrected chi connectivity index (χ2v) is 2.88. The van der Waals surface area contributed by atoms with Gasteiger partial charge in [0, 0.05) is 23.5 Å². The predicted molar refractivity (Wildman–Crippen MR) is 113 cm³/mol. The van der Waals surface area contributed by atoms with Crippen molar-refractivity contribution in [2.24, 2.45) is 0 Å². The molecule has 0 bridgehead atoms. The fourth-order valence-corrected chi connectivity index (χ4v) is 1.05. The van der Waals surface area contributed by atoms with E-state index in [9.17, 15) is 19.8 Å². The van der Waals surface area contributed by atoms with Gasteiger partial charge in [0.25, 0.3) is 0 Å². The number of carboxylic acid groups (broad SMARTS) is 2. The van der Waals surface area contributed by atoms with E-state index in [1.165, 1.54) is 12.1 Å². The van der Waals surface area contributed by atoms with Crippen molar-refractivity contribution in [3.05, 3.63) is 54.1 Å². The number of rotatable bonds is 2. The van der Waals surface area contributed by atoms with Gasteiger partial charge >= 0.3 is 16.5 Å². The summed E-state index contributed by atoms with van der Waals surface area (Å²) in [4.78, 5) is 27.1. The number of hydrogen-bond donors (Lipinski definition) is 1. The minimum absolute atomic E-state index is 0. The van der Waals surface area contributed by atoms with Gasteiger partial charge in [-0.1, -0.05) is 24.3 Å². The zero-order valence-corrected chi connectivity index (χ0v) is 16.9. The zero-order valence-electron chi connectivity index (χ0n) is 15.9. The van der Waals surface area contributed by atoms with E-state index in [2.05, 4.69) is 87.0 Å². The van der Waals surface area contributed by atoms with Crippen LogP contribution in [-0.4, -0.2) is 21.9 Å². The van der Waals surface area contributed by atoms with Crippen molar-refractivity contribution in [3.8, 4) is 77.1 Å². The second-order valence-electron chi connectivity index (χ2n) is 2.88. The molecule has 0 aliphatic carbocycles. The molecule has 0 fully saturated rings. The Labute approximate surface area is 189 Å². The molecule has 0 aliphatic heterocycles.